The van der Waals surface area contributed by atoms with Crippen LogP contribution in [0.5, 0.6) is 5.75 Å². The number of carbonyl (C=O) groups is 1. The van der Waals surface area contributed by atoms with Crippen molar-refractivity contribution in [3.8, 4) is 5.75 Å². The first kappa shape index (κ1) is 14.4. The van der Waals surface area contributed by atoms with Gasteiger partial charge in [-0.15, -0.1) is 0 Å². The van der Waals surface area contributed by atoms with Crippen LogP contribution in [-0.4, -0.2) is 30.8 Å². The van der Waals surface area contributed by atoms with E-state index in [-0.39, 0.29) is 31.4 Å². The minimum Gasteiger partial charge on any atom is -0.493 e. The summed E-state index contributed by atoms with van der Waals surface area (Å²) in [6, 6.07) is 5.66. The van der Waals surface area contributed by atoms with Gasteiger partial charge in [-0.3, -0.25) is 4.79 Å². The third kappa shape index (κ3) is 6.20. The lowest BCUT2D eigenvalue weighted by molar-refractivity contribution is -0.121. The maximum absolute atomic E-state index is 12.6. The molecule has 0 fully saturated rings. The van der Waals surface area contributed by atoms with Gasteiger partial charge in [-0.2, -0.15) is 0 Å². The summed E-state index contributed by atoms with van der Waals surface area (Å²) in [5.41, 5.74) is 0. The standard InChI is InChI=1S/C13H18FNO3/c14-11-3-5-12(6-4-11)18-10-7-13(17)15-8-1-2-9-16/h3-6,16H,1-2,7-10H2,(H,15,17). The number of aliphatic hydroxyl groups excluding tert-OH is 1. The Bertz CT molecular complexity index is 354. The van der Waals surface area contributed by atoms with E-state index in [0.717, 1.165) is 6.42 Å². The van der Waals surface area contributed by atoms with Crippen molar-refractivity contribution < 1.29 is 19.0 Å². The summed E-state index contributed by atoms with van der Waals surface area (Å²) in [5.74, 6) is 0.142. The molecule has 0 aliphatic heterocycles. The molecule has 1 aromatic rings. The van der Waals surface area contributed by atoms with Gasteiger partial charge in [-0.1, -0.05) is 0 Å². The molecule has 0 unspecified atom stereocenters. The van der Waals surface area contributed by atoms with Crippen LogP contribution in [0.4, 0.5) is 4.39 Å². The number of benzene rings is 1. The Morgan fingerprint density at radius 3 is 2.67 bits per heavy atom. The van der Waals surface area contributed by atoms with Crippen LogP contribution in [0.15, 0.2) is 24.3 Å². The van der Waals surface area contributed by atoms with Crippen LogP contribution in [0.3, 0.4) is 0 Å². The van der Waals surface area contributed by atoms with Crippen LogP contribution in [0.25, 0.3) is 0 Å². The van der Waals surface area contributed by atoms with E-state index in [1.54, 1.807) is 0 Å². The number of halogens is 1. The summed E-state index contributed by atoms with van der Waals surface area (Å²) < 4.78 is 17.9. The fourth-order valence-electron chi connectivity index (χ4n) is 1.35. The average molecular weight is 255 g/mol. The van der Waals surface area contributed by atoms with Crippen molar-refractivity contribution >= 4 is 5.91 Å². The molecule has 100 valence electrons. The monoisotopic (exact) mass is 255 g/mol. The Kier molecular flexibility index (Phi) is 6.79. The maximum Gasteiger partial charge on any atom is 0.223 e. The van der Waals surface area contributed by atoms with Gasteiger partial charge in [0.1, 0.15) is 11.6 Å². The van der Waals surface area contributed by atoms with E-state index in [1.807, 2.05) is 0 Å². The highest BCUT2D eigenvalue weighted by atomic mass is 19.1. The molecular formula is C13H18FNO3. The number of unbranched alkanes of at least 4 members (excludes halogenated alkanes) is 1. The highest BCUT2D eigenvalue weighted by Gasteiger charge is 2.01. The average Bonchev–Trinajstić information content (AvgIpc) is 2.37. The molecule has 18 heavy (non-hydrogen) atoms. The number of amides is 1. The molecule has 1 rings (SSSR count). The van der Waals surface area contributed by atoms with Crippen LogP contribution in [-0.2, 0) is 4.79 Å². The predicted octanol–water partition coefficient (Wildman–Crippen LogP) is 1.48. The lowest BCUT2D eigenvalue weighted by atomic mass is 10.3. The molecule has 1 amide bonds. The largest absolute Gasteiger partial charge is 0.493 e. The Hall–Kier alpha value is -1.62. The fraction of sp³-hybridized carbons (Fsp3) is 0.462. The van der Waals surface area contributed by atoms with Crippen molar-refractivity contribution in [1.82, 2.24) is 5.32 Å². The number of hydrogen-bond donors (Lipinski definition) is 2. The van der Waals surface area contributed by atoms with Gasteiger partial charge in [0, 0.05) is 13.2 Å². The second-order valence-electron chi connectivity index (χ2n) is 3.83. The van der Waals surface area contributed by atoms with Gasteiger partial charge >= 0.3 is 0 Å². The van der Waals surface area contributed by atoms with Crippen LogP contribution in [0.1, 0.15) is 19.3 Å². The van der Waals surface area contributed by atoms with E-state index < -0.39 is 0 Å². The zero-order chi connectivity index (χ0) is 13.2. The second kappa shape index (κ2) is 8.47. The molecule has 1 aromatic carbocycles. The Balaban J connectivity index is 2.10. The summed E-state index contributed by atoms with van der Waals surface area (Å²) in [4.78, 5) is 11.3. The quantitative estimate of drug-likeness (QED) is 0.692. The Labute approximate surface area is 106 Å². The SMILES string of the molecule is O=C(CCOc1ccc(F)cc1)NCCCCO. The molecule has 0 aliphatic rings. The highest BCUT2D eigenvalue weighted by Crippen LogP contribution is 2.10. The molecule has 0 atom stereocenters. The van der Waals surface area contributed by atoms with E-state index in [4.69, 9.17) is 9.84 Å². The zero-order valence-electron chi connectivity index (χ0n) is 10.2. The molecule has 0 heterocycles. The van der Waals surface area contributed by atoms with Gasteiger partial charge in [-0.25, -0.2) is 4.39 Å². The minimum absolute atomic E-state index is 0.0879. The van der Waals surface area contributed by atoms with E-state index in [1.165, 1.54) is 24.3 Å². The van der Waals surface area contributed by atoms with Crippen LogP contribution < -0.4 is 10.1 Å². The van der Waals surface area contributed by atoms with Crippen molar-refractivity contribution in [1.29, 1.82) is 0 Å². The summed E-state index contributed by atoms with van der Waals surface area (Å²) >= 11 is 0. The molecule has 0 saturated carbocycles. The summed E-state index contributed by atoms with van der Waals surface area (Å²) in [6.45, 7) is 0.969. The fourth-order valence-corrected chi connectivity index (χ4v) is 1.35. The van der Waals surface area contributed by atoms with Gasteiger partial charge in [0.05, 0.1) is 13.0 Å². The van der Waals surface area contributed by atoms with Gasteiger partial charge < -0.3 is 15.2 Å². The molecule has 0 radical (unpaired) electrons. The van der Waals surface area contributed by atoms with Crippen molar-refractivity contribution in [2.45, 2.75) is 19.3 Å². The van der Waals surface area contributed by atoms with Crippen molar-refractivity contribution in [2.24, 2.45) is 0 Å². The normalized spacial score (nSPS) is 10.1. The second-order valence-corrected chi connectivity index (χ2v) is 3.83. The number of nitrogens with one attached hydrogen (secondary N) is 1. The third-order valence-electron chi connectivity index (χ3n) is 2.32. The molecule has 2 N–H and O–H groups in total. The van der Waals surface area contributed by atoms with E-state index in [2.05, 4.69) is 5.32 Å². The number of ether oxygens (including phenoxy) is 1. The van der Waals surface area contributed by atoms with Gasteiger partial charge in [0.25, 0.3) is 0 Å². The summed E-state index contributed by atoms with van der Waals surface area (Å²) in [6.07, 6.45) is 1.71. The van der Waals surface area contributed by atoms with Gasteiger partial charge in [-0.05, 0) is 37.1 Å². The topological polar surface area (TPSA) is 58.6 Å². The third-order valence-corrected chi connectivity index (χ3v) is 2.32. The Morgan fingerprint density at radius 1 is 1.28 bits per heavy atom. The van der Waals surface area contributed by atoms with Crippen LogP contribution in [0, 0.1) is 5.82 Å². The van der Waals surface area contributed by atoms with E-state index >= 15 is 0 Å². The lowest BCUT2D eigenvalue weighted by Crippen LogP contribution is -2.26. The summed E-state index contributed by atoms with van der Waals surface area (Å²) in [7, 11) is 0. The minimum atomic E-state index is -0.316. The van der Waals surface area contributed by atoms with E-state index in [0.29, 0.717) is 18.7 Å². The van der Waals surface area contributed by atoms with E-state index in [9.17, 15) is 9.18 Å². The van der Waals surface area contributed by atoms with Crippen LogP contribution >= 0.6 is 0 Å². The lowest BCUT2D eigenvalue weighted by Gasteiger charge is -2.07. The number of hydrogen-bond acceptors (Lipinski definition) is 3. The van der Waals surface area contributed by atoms with Crippen molar-refractivity contribution in [2.75, 3.05) is 19.8 Å². The summed E-state index contributed by atoms with van der Waals surface area (Å²) in [5, 5.41) is 11.3. The van der Waals surface area contributed by atoms with Crippen molar-refractivity contribution in [3.63, 3.8) is 0 Å². The molecule has 5 heteroatoms. The smallest absolute Gasteiger partial charge is 0.223 e. The first-order valence-electron chi connectivity index (χ1n) is 5.98. The number of rotatable bonds is 8. The maximum atomic E-state index is 12.6. The highest BCUT2D eigenvalue weighted by molar-refractivity contribution is 5.75. The Morgan fingerprint density at radius 2 is 2.00 bits per heavy atom. The number of carbonyl (C=O) groups excluding carboxylic acids is 1. The molecular weight excluding hydrogens is 237 g/mol. The zero-order valence-corrected chi connectivity index (χ0v) is 10.2. The molecule has 0 saturated heterocycles. The molecule has 4 nitrogen and oxygen atoms in total. The van der Waals surface area contributed by atoms with Gasteiger partial charge in [0.15, 0.2) is 0 Å². The molecule has 0 aliphatic carbocycles. The predicted molar refractivity (Wildman–Crippen MR) is 65.8 cm³/mol. The molecule has 0 bridgehead atoms. The van der Waals surface area contributed by atoms with Crippen LogP contribution in [0.2, 0.25) is 0 Å². The first-order valence-corrected chi connectivity index (χ1v) is 5.98. The first-order chi connectivity index (χ1) is 8.72. The van der Waals surface area contributed by atoms with Gasteiger partial charge in [0.2, 0.25) is 5.91 Å². The van der Waals surface area contributed by atoms with Crippen molar-refractivity contribution in [3.05, 3.63) is 30.1 Å². The number of aliphatic hydroxyl groups is 1. The molecule has 0 aromatic heterocycles. The molecule has 0 spiro atoms.